The molecule has 0 radical (unpaired) electrons. The van der Waals surface area contributed by atoms with E-state index in [9.17, 15) is 14.0 Å². The van der Waals surface area contributed by atoms with Gasteiger partial charge in [0.1, 0.15) is 11.6 Å². The maximum Gasteiger partial charge on any atom is 0.267 e. The quantitative estimate of drug-likeness (QED) is 0.603. The van der Waals surface area contributed by atoms with Gasteiger partial charge in [-0.1, -0.05) is 30.3 Å². The van der Waals surface area contributed by atoms with Gasteiger partial charge in [-0.05, 0) is 48.5 Å². The third kappa shape index (κ3) is 4.43. The molecule has 0 saturated heterocycles. The minimum atomic E-state index is -0.783. The van der Waals surface area contributed by atoms with E-state index in [1.807, 2.05) is 30.3 Å². The van der Waals surface area contributed by atoms with Crippen LogP contribution in [-0.2, 0) is 4.79 Å². The van der Waals surface area contributed by atoms with Gasteiger partial charge in [-0.2, -0.15) is 0 Å². The summed E-state index contributed by atoms with van der Waals surface area (Å²) in [5.41, 5.74) is 1.60. The molecule has 1 unspecified atom stereocenters. The predicted molar refractivity (Wildman–Crippen MR) is 105 cm³/mol. The molecule has 0 N–H and O–H groups in total. The predicted octanol–water partition coefficient (Wildman–Crippen LogP) is 4.27. The highest BCUT2D eigenvalue weighted by molar-refractivity contribution is 6.09. The van der Waals surface area contributed by atoms with Gasteiger partial charge in [0.2, 0.25) is 6.10 Å². The van der Waals surface area contributed by atoms with Crippen molar-refractivity contribution in [1.82, 2.24) is 4.90 Å². The molecule has 5 heteroatoms. The Balaban J connectivity index is 1.80. The van der Waals surface area contributed by atoms with Gasteiger partial charge in [-0.15, -0.1) is 0 Å². The highest BCUT2D eigenvalue weighted by Crippen LogP contribution is 2.24. The average Bonchev–Trinajstić information content (AvgIpc) is 2.72. The molecule has 0 aliphatic heterocycles. The molecule has 0 aliphatic rings. The third-order valence-electron chi connectivity index (χ3n) is 4.24. The number of amides is 1. The van der Waals surface area contributed by atoms with Crippen molar-refractivity contribution >= 4 is 11.7 Å². The summed E-state index contributed by atoms with van der Waals surface area (Å²) in [7, 11) is 3.35. The maximum absolute atomic E-state index is 13.0. The molecule has 4 nitrogen and oxygen atoms in total. The first-order valence-corrected chi connectivity index (χ1v) is 8.79. The number of rotatable bonds is 6. The lowest BCUT2D eigenvalue weighted by Gasteiger charge is -2.22. The number of halogens is 1. The van der Waals surface area contributed by atoms with Crippen LogP contribution in [0.4, 0.5) is 4.39 Å². The minimum Gasteiger partial charge on any atom is -0.476 e. The number of carbonyl (C=O) groups is 2. The summed E-state index contributed by atoms with van der Waals surface area (Å²) >= 11 is 0. The van der Waals surface area contributed by atoms with Crippen molar-refractivity contribution in [2.24, 2.45) is 0 Å². The summed E-state index contributed by atoms with van der Waals surface area (Å²) in [5.74, 6) is -0.314. The first kappa shape index (κ1) is 19.3. The van der Waals surface area contributed by atoms with E-state index in [4.69, 9.17) is 4.74 Å². The van der Waals surface area contributed by atoms with E-state index >= 15 is 0 Å². The second-order valence-electron chi connectivity index (χ2n) is 6.50. The van der Waals surface area contributed by atoms with Gasteiger partial charge >= 0.3 is 0 Å². The first-order valence-electron chi connectivity index (χ1n) is 8.79. The zero-order valence-corrected chi connectivity index (χ0v) is 15.6. The average molecular weight is 377 g/mol. The van der Waals surface area contributed by atoms with Gasteiger partial charge < -0.3 is 9.64 Å². The maximum atomic E-state index is 13.0. The fourth-order valence-corrected chi connectivity index (χ4v) is 2.71. The smallest absolute Gasteiger partial charge is 0.267 e. The van der Waals surface area contributed by atoms with Crippen LogP contribution in [0.3, 0.4) is 0 Å². The van der Waals surface area contributed by atoms with E-state index < -0.39 is 11.9 Å². The van der Waals surface area contributed by atoms with Gasteiger partial charge in [-0.3, -0.25) is 9.59 Å². The zero-order valence-electron chi connectivity index (χ0n) is 15.6. The Morgan fingerprint density at radius 3 is 1.89 bits per heavy atom. The topological polar surface area (TPSA) is 46.6 Å². The van der Waals surface area contributed by atoms with Gasteiger partial charge in [0.15, 0.2) is 5.78 Å². The highest BCUT2D eigenvalue weighted by atomic mass is 19.1. The van der Waals surface area contributed by atoms with Gasteiger partial charge in [-0.25, -0.2) is 4.39 Å². The van der Waals surface area contributed by atoms with Crippen molar-refractivity contribution in [1.29, 1.82) is 0 Å². The molecule has 142 valence electrons. The molecule has 1 atom stereocenters. The summed E-state index contributed by atoms with van der Waals surface area (Å²) in [6, 6.07) is 21.2. The fraction of sp³-hybridized carbons (Fsp3) is 0.130. The zero-order chi connectivity index (χ0) is 20.1. The van der Waals surface area contributed by atoms with Gasteiger partial charge in [0.05, 0.1) is 0 Å². The Labute approximate surface area is 163 Å². The summed E-state index contributed by atoms with van der Waals surface area (Å²) in [4.78, 5) is 26.5. The summed E-state index contributed by atoms with van der Waals surface area (Å²) in [6.07, 6.45) is -0.783. The second-order valence-corrected chi connectivity index (χ2v) is 6.50. The normalized spacial score (nSPS) is 11.5. The summed E-state index contributed by atoms with van der Waals surface area (Å²) in [6.45, 7) is 0. The molecule has 3 aromatic rings. The van der Waals surface area contributed by atoms with Crippen molar-refractivity contribution in [3.63, 3.8) is 0 Å². The van der Waals surface area contributed by atoms with Crippen molar-refractivity contribution in [2.75, 3.05) is 14.1 Å². The number of carbonyl (C=O) groups excluding carboxylic acids is 2. The Kier molecular flexibility index (Phi) is 5.84. The Morgan fingerprint density at radius 2 is 1.36 bits per heavy atom. The van der Waals surface area contributed by atoms with Crippen molar-refractivity contribution in [2.45, 2.75) is 6.10 Å². The number of hydrogen-bond donors (Lipinski definition) is 0. The first-order chi connectivity index (χ1) is 13.5. The molecule has 3 aromatic carbocycles. The van der Waals surface area contributed by atoms with Gasteiger partial charge in [0.25, 0.3) is 5.91 Å². The lowest BCUT2D eigenvalue weighted by atomic mass is 10.0. The van der Waals surface area contributed by atoms with Gasteiger partial charge in [0, 0.05) is 30.8 Å². The van der Waals surface area contributed by atoms with Crippen LogP contribution in [0, 0.1) is 5.82 Å². The molecule has 0 aromatic heterocycles. The van der Waals surface area contributed by atoms with E-state index in [1.165, 1.54) is 29.2 Å². The monoisotopic (exact) mass is 377 g/mol. The number of nitrogens with zero attached hydrogens (tertiary/aromatic N) is 1. The number of benzene rings is 3. The number of ether oxygens (including phenoxy) is 1. The molecule has 1 amide bonds. The Morgan fingerprint density at radius 1 is 0.821 bits per heavy atom. The lowest BCUT2D eigenvalue weighted by molar-refractivity contribution is -0.136. The van der Waals surface area contributed by atoms with E-state index in [0.717, 1.165) is 5.56 Å². The van der Waals surface area contributed by atoms with E-state index in [1.54, 1.807) is 38.4 Å². The number of hydrogen-bond acceptors (Lipinski definition) is 3. The van der Waals surface area contributed by atoms with Crippen LogP contribution >= 0.6 is 0 Å². The number of ketones is 1. The third-order valence-corrected chi connectivity index (χ3v) is 4.24. The lowest BCUT2D eigenvalue weighted by Crippen LogP contribution is -2.31. The summed E-state index contributed by atoms with van der Waals surface area (Å²) in [5, 5.41) is 0. The molecular weight excluding hydrogens is 357 g/mol. The molecule has 0 fully saturated rings. The molecular formula is C23H20FNO3. The van der Waals surface area contributed by atoms with Crippen molar-refractivity contribution < 1.29 is 18.7 Å². The van der Waals surface area contributed by atoms with E-state index in [0.29, 0.717) is 16.9 Å². The number of likely N-dealkylation sites (N-methyl/N-ethyl adjacent to an activating group) is 1. The molecule has 0 aliphatic carbocycles. The van der Waals surface area contributed by atoms with Crippen molar-refractivity contribution in [3.05, 3.63) is 101 Å². The highest BCUT2D eigenvalue weighted by Gasteiger charge is 2.24. The molecule has 0 spiro atoms. The van der Waals surface area contributed by atoms with Crippen LogP contribution in [0.1, 0.15) is 27.6 Å². The molecule has 3 rings (SSSR count). The van der Waals surface area contributed by atoms with Crippen LogP contribution in [0.2, 0.25) is 0 Å². The van der Waals surface area contributed by atoms with Crippen LogP contribution < -0.4 is 4.74 Å². The van der Waals surface area contributed by atoms with E-state index in [2.05, 4.69) is 0 Å². The second kappa shape index (κ2) is 8.48. The van der Waals surface area contributed by atoms with Crippen LogP contribution in [0.5, 0.6) is 5.75 Å². The van der Waals surface area contributed by atoms with Crippen LogP contribution in [-0.4, -0.2) is 30.7 Å². The fourth-order valence-electron chi connectivity index (χ4n) is 2.71. The molecule has 0 saturated carbocycles. The summed E-state index contributed by atoms with van der Waals surface area (Å²) < 4.78 is 19.0. The molecule has 0 heterocycles. The molecule has 0 bridgehead atoms. The Bertz CT molecular complexity index is 951. The van der Waals surface area contributed by atoms with E-state index in [-0.39, 0.29) is 11.7 Å². The minimum absolute atomic E-state index is 0.183. The Hall–Kier alpha value is -3.47. The van der Waals surface area contributed by atoms with Crippen molar-refractivity contribution in [3.8, 4) is 5.75 Å². The van der Waals surface area contributed by atoms with Crippen LogP contribution in [0.25, 0.3) is 0 Å². The largest absolute Gasteiger partial charge is 0.476 e. The van der Waals surface area contributed by atoms with Crippen LogP contribution in [0.15, 0.2) is 78.9 Å². The SMILES string of the molecule is CN(C)C(=O)C(Oc1ccc(C(=O)c2ccc(F)cc2)cc1)c1ccccc1. The molecule has 28 heavy (non-hydrogen) atoms. The standard InChI is InChI=1S/C23H20FNO3/c1-25(2)23(27)22(18-6-4-3-5-7-18)28-20-14-10-17(11-15-20)21(26)16-8-12-19(24)13-9-16/h3-15,22H,1-2H3.